The Labute approximate surface area is 176 Å². The summed E-state index contributed by atoms with van der Waals surface area (Å²) in [5, 5.41) is 3.61. The molecule has 30 heavy (non-hydrogen) atoms. The Morgan fingerprint density at radius 1 is 1.10 bits per heavy atom. The van der Waals surface area contributed by atoms with Crippen molar-refractivity contribution in [1.82, 2.24) is 19.4 Å². The highest BCUT2D eigenvalue weighted by molar-refractivity contribution is 7.16. The summed E-state index contributed by atoms with van der Waals surface area (Å²) in [6.45, 7) is 3.32. The van der Waals surface area contributed by atoms with E-state index in [1.54, 1.807) is 18.6 Å². The average Bonchev–Trinajstić information content (AvgIpc) is 3.46. The number of imidazole rings is 1. The number of fused-ring (bicyclic) bond motifs is 1. The molecule has 1 fully saturated rings. The van der Waals surface area contributed by atoms with Crippen LogP contribution >= 0.6 is 11.3 Å². The fourth-order valence-electron chi connectivity index (χ4n) is 3.41. The minimum absolute atomic E-state index is 0.265. The van der Waals surface area contributed by atoms with Crippen molar-refractivity contribution in [3.05, 3.63) is 54.1 Å². The largest absolute Gasteiger partial charge is 0.378 e. The summed E-state index contributed by atoms with van der Waals surface area (Å²) >= 11 is 1.23. The van der Waals surface area contributed by atoms with Gasteiger partial charge in [-0.05, 0) is 24.3 Å². The highest BCUT2D eigenvalue weighted by Crippen LogP contribution is 2.29. The summed E-state index contributed by atoms with van der Waals surface area (Å²) in [7, 11) is 0. The van der Waals surface area contributed by atoms with Crippen LogP contribution in [0.4, 0.5) is 17.2 Å². The van der Waals surface area contributed by atoms with Gasteiger partial charge in [-0.3, -0.25) is 9.20 Å². The summed E-state index contributed by atoms with van der Waals surface area (Å²) in [4.78, 5) is 27.5. The number of thiazole rings is 1. The zero-order valence-corrected chi connectivity index (χ0v) is 16.8. The summed E-state index contributed by atoms with van der Waals surface area (Å²) in [6.07, 6.45) is 6.92. The smallest absolute Gasteiger partial charge is 0.277 e. The molecule has 0 saturated carbocycles. The first kappa shape index (κ1) is 18.5. The number of nitrogens with zero attached hydrogens (tertiary/aromatic N) is 5. The van der Waals surface area contributed by atoms with Crippen LogP contribution in [0.1, 0.15) is 9.80 Å². The quantitative estimate of drug-likeness (QED) is 0.509. The van der Waals surface area contributed by atoms with E-state index < -0.39 is 5.91 Å². The number of hydrogen-bond acceptors (Lipinski definition) is 8. The molecule has 1 aliphatic rings. The molecule has 0 bridgehead atoms. The van der Waals surface area contributed by atoms with Gasteiger partial charge in [-0.25, -0.2) is 15.0 Å². The Morgan fingerprint density at radius 2 is 1.90 bits per heavy atom. The molecule has 9 nitrogen and oxygen atoms in total. The van der Waals surface area contributed by atoms with Gasteiger partial charge in [0.1, 0.15) is 0 Å². The fourth-order valence-corrected chi connectivity index (χ4v) is 4.18. The summed E-state index contributed by atoms with van der Waals surface area (Å²) in [5.41, 5.74) is 8.89. The lowest BCUT2D eigenvalue weighted by atomic mass is 10.2. The third-order valence-electron chi connectivity index (χ3n) is 4.90. The van der Waals surface area contributed by atoms with Crippen molar-refractivity contribution >= 4 is 40.1 Å². The van der Waals surface area contributed by atoms with Crippen LogP contribution in [0.3, 0.4) is 0 Å². The molecular weight excluding hydrogens is 402 g/mol. The number of rotatable bonds is 5. The molecule has 1 aliphatic heterocycles. The molecule has 0 atom stereocenters. The minimum Gasteiger partial charge on any atom is -0.378 e. The number of hydrogen-bond donors (Lipinski definition) is 2. The van der Waals surface area contributed by atoms with Gasteiger partial charge in [0.05, 0.1) is 30.0 Å². The van der Waals surface area contributed by atoms with Gasteiger partial charge in [0, 0.05) is 43.1 Å². The zero-order valence-electron chi connectivity index (χ0n) is 16.0. The Balaban J connectivity index is 1.41. The van der Waals surface area contributed by atoms with E-state index in [4.69, 9.17) is 10.5 Å². The van der Waals surface area contributed by atoms with Crippen LogP contribution in [0.5, 0.6) is 0 Å². The van der Waals surface area contributed by atoms with Crippen molar-refractivity contribution in [2.24, 2.45) is 5.73 Å². The number of nitrogens with one attached hydrogen (secondary N) is 1. The van der Waals surface area contributed by atoms with Gasteiger partial charge in [0.2, 0.25) is 0 Å². The van der Waals surface area contributed by atoms with Gasteiger partial charge in [-0.2, -0.15) is 0 Å². The van der Waals surface area contributed by atoms with Gasteiger partial charge in [-0.15, -0.1) is 11.3 Å². The zero-order chi connectivity index (χ0) is 20.5. The second-order valence-electron chi connectivity index (χ2n) is 6.78. The van der Waals surface area contributed by atoms with Crippen LogP contribution in [-0.4, -0.2) is 51.6 Å². The molecule has 1 aromatic carbocycles. The van der Waals surface area contributed by atoms with Crippen LogP contribution in [-0.2, 0) is 4.74 Å². The second-order valence-corrected chi connectivity index (χ2v) is 7.81. The summed E-state index contributed by atoms with van der Waals surface area (Å²) in [6, 6.07) is 8.24. The molecule has 0 spiro atoms. The molecule has 0 unspecified atom stereocenters. The first-order valence-electron chi connectivity index (χ1n) is 9.47. The lowest BCUT2D eigenvalue weighted by Crippen LogP contribution is -2.36. The number of carbonyl (C=O) groups excluding carboxylic acids is 1. The number of primary amides is 1. The van der Waals surface area contributed by atoms with Gasteiger partial charge in [-0.1, -0.05) is 0 Å². The third kappa shape index (κ3) is 3.46. The average molecular weight is 421 g/mol. The predicted octanol–water partition coefficient (Wildman–Crippen LogP) is 2.53. The Hall–Kier alpha value is -3.50. The van der Waals surface area contributed by atoms with Crippen LogP contribution in [0, 0.1) is 0 Å². The molecule has 0 radical (unpaired) electrons. The number of benzene rings is 1. The van der Waals surface area contributed by atoms with Gasteiger partial charge in [0.15, 0.2) is 16.5 Å². The molecule has 3 N–H and O–H groups in total. The van der Waals surface area contributed by atoms with Gasteiger partial charge < -0.3 is 20.7 Å². The Kier molecular flexibility index (Phi) is 4.77. The number of aromatic nitrogens is 4. The van der Waals surface area contributed by atoms with Crippen molar-refractivity contribution in [3.63, 3.8) is 0 Å². The van der Waals surface area contributed by atoms with E-state index in [9.17, 15) is 4.79 Å². The van der Waals surface area contributed by atoms with Crippen LogP contribution in [0.2, 0.25) is 0 Å². The standard InChI is InChI=1S/C20H19N7O2S/c21-17(28)20-24-12-16(30-20)15-11-23-18(19-22-5-6-27(15)19)25-13-1-3-14(4-2-13)26-7-9-29-10-8-26/h1-6,11-12H,7-10H2,(H2,21,28)(H,23,25). The minimum atomic E-state index is -0.542. The van der Waals surface area contributed by atoms with Crippen molar-refractivity contribution in [3.8, 4) is 10.6 Å². The highest BCUT2D eigenvalue weighted by atomic mass is 32.1. The molecule has 5 rings (SSSR count). The first-order valence-corrected chi connectivity index (χ1v) is 10.3. The predicted molar refractivity (Wildman–Crippen MR) is 115 cm³/mol. The van der Waals surface area contributed by atoms with E-state index in [1.165, 1.54) is 17.0 Å². The van der Waals surface area contributed by atoms with Crippen molar-refractivity contribution in [1.29, 1.82) is 0 Å². The third-order valence-corrected chi connectivity index (χ3v) is 5.94. The lowest BCUT2D eigenvalue weighted by molar-refractivity contribution is 0.1000. The van der Waals surface area contributed by atoms with Crippen molar-refractivity contribution < 1.29 is 9.53 Å². The van der Waals surface area contributed by atoms with E-state index in [2.05, 4.69) is 37.3 Å². The summed E-state index contributed by atoms with van der Waals surface area (Å²) in [5.74, 6) is 0.0995. The van der Waals surface area contributed by atoms with E-state index in [-0.39, 0.29) is 5.01 Å². The number of anilines is 3. The number of morpholine rings is 1. The number of carbonyl (C=O) groups is 1. The van der Waals surface area contributed by atoms with Crippen LogP contribution in [0.25, 0.3) is 16.2 Å². The molecule has 1 saturated heterocycles. The topological polar surface area (TPSA) is 111 Å². The van der Waals surface area contributed by atoms with Gasteiger partial charge >= 0.3 is 0 Å². The van der Waals surface area contributed by atoms with Crippen molar-refractivity contribution in [2.75, 3.05) is 36.5 Å². The Morgan fingerprint density at radius 3 is 2.63 bits per heavy atom. The maximum atomic E-state index is 11.4. The fraction of sp³-hybridized carbons (Fsp3) is 0.200. The second kappa shape index (κ2) is 7.73. The molecule has 10 heteroatoms. The van der Waals surface area contributed by atoms with Gasteiger partial charge in [0.25, 0.3) is 5.91 Å². The monoisotopic (exact) mass is 421 g/mol. The molecule has 3 aromatic heterocycles. The SMILES string of the molecule is NC(=O)c1ncc(-c2cnc(Nc3ccc(N4CCOCC4)cc3)c3nccn23)s1. The van der Waals surface area contributed by atoms with E-state index in [1.807, 2.05) is 22.7 Å². The molecule has 4 aromatic rings. The number of nitrogens with two attached hydrogens (primary N) is 1. The maximum Gasteiger partial charge on any atom is 0.277 e. The Bertz CT molecular complexity index is 1200. The lowest BCUT2D eigenvalue weighted by Gasteiger charge is -2.28. The number of ether oxygens (including phenoxy) is 1. The van der Waals surface area contributed by atoms with Crippen LogP contribution in [0.15, 0.2) is 49.1 Å². The van der Waals surface area contributed by atoms with E-state index >= 15 is 0 Å². The number of amides is 1. The molecule has 0 aliphatic carbocycles. The molecule has 1 amide bonds. The molecule has 152 valence electrons. The molecule has 4 heterocycles. The highest BCUT2D eigenvalue weighted by Gasteiger charge is 2.15. The van der Waals surface area contributed by atoms with E-state index in [0.717, 1.165) is 42.6 Å². The van der Waals surface area contributed by atoms with Crippen molar-refractivity contribution in [2.45, 2.75) is 0 Å². The summed E-state index contributed by atoms with van der Waals surface area (Å²) < 4.78 is 7.33. The first-order chi connectivity index (χ1) is 14.7. The maximum absolute atomic E-state index is 11.4. The van der Waals surface area contributed by atoms with Crippen LogP contribution < -0.4 is 16.0 Å². The normalized spacial score (nSPS) is 14.2. The van der Waals surface area contributed by atoms with E-state index in [0.29, 0.717) is 11.5 Å². The molecular formula is C20H19N7O2S.